The highest BCUT2D eigenvalue weighted by Crippen LogP contribution is 2.04. The summed E-state index contributed by atoms with van der Waals surface area (Å²) in [6.07, 6.45) is 6.71. The second kappa shape index (κ2) is 7.79. The lowest BCUT2D eigenvalue weighted by Crippen LogP contribution is -2.15. The van der Waals surface area contributed by atoms with Crippen molar-refractivity contribution in [3.05, 3.63) is 29.6 Å². The van der Waals surface area contributed by atoms with Crippen LogP contribution in [0.5, 0.6) is 0 Å². The highest BCUT2D eigenvalue weighted by molar-refractivity contribution is 5.66. The van der Waals surface area contributed by atoms with Gasteiger partial charge in [-0.1, -0.05) is 6.42 Å². The molecule has 1 aromatic rings. The van der Waals surface area contributed by atoms with Crippen molar-refractivity contribution in [2.24, 2.45) is 0 Å². The van der Waals surface area contributed by atoms with Gasteiger partial charge in [0, 0.05) is 25.4 Å². The molecule has 0 spiro atoms. The first-order valence-electron chi connectivity index (χ1n) is 6.02. The van der Waals surface area contributed by atoms with Crippen LogP contribution in [0.25, 0.3) is 0 Å². The topological polar surface area (TPSA) is 62.2 Å². The Bertz CT molecular complexity index is 353. The van der Waals surface area contributed by atoms with Crippen molar-refractivity contribution in [1.82, 2.24) is 10.3 Å². The Labute approximate surface area is 102 Å². The van der Waals surface area contributed by atoms with Crippen LogP contribution < -0.4 is 5.32 Å². The molecule has 4 heteroatoms. The van der Waals surface area contributed by atoms with E-state index in [0.29, 0.717) is 0 Å². The minimum absolute atomic E-state index is 0.279. The van der Waals surface area contributed by atoms with Crippen LogP contribution in [0, 0.1) is 6.92 Å². The molecule has 1 heterocycles. The van der Waals surface area contributed by atoms with Gasteiger partial charge in [-0.05, 0) is 43.5 Å². The molecule has 1 rings (SSSR count). The molecule has 0 saturated heterocycles. The third-order valence-electron chi connectivity index (χ3n) is 2.71. The van der Waals surface area contributed by atoms with Crippen LogP contribution >= 0.6 is 0 Å². The number of hydrogen-bond acceptors (Lipinski definition) is 3. The van der Waals surface area contributed by atoms with E-state index < -0.39 is 5.97 Å². The summed E-state index contributed by atoms with van der Waals surface area (Å²) in [5.74, 6) is -0.705. The Morgan fingerprint density at radius 3 is 2.94 bits per heavy atom. The molecule has 0 atom stereocenters. The molecule has 0 aliphatic rings. The molecule has 0 aliphatic heterocycles. The molecular formula is C13H20N2O2. The van der Waals surface area contributed by atoms with E-state index in [1.165, 1.54) is 11.1 Å². The van der Waals surface area contributed by atoms with Crippen LogP contribution in [-0.2, 0) is 11.3 Å². The van der Waals surface area contributed by atoms with Gasteiger partial charge in [-0.15, -0.1) is 0 Å². The zero-order valence-corrected chi connectivity index (χ0v) is 10.3. The molecule has 4 nitrogen and oxygen atoms in total. The fourth-order valence-electron chi connectivity index (χ4n) is 1.61. The molecule has 0 bridgehead atoms. The molecule has 2 N–H and O–H groups in total. The zero-order chi connectivity index (χ0) is 12.5. The maximum absolute atomic E-state index is 10.3. The van der Waals surface area contributed by atoms with E-state index in [0.717, 1.165) is 32.4 Å². The van der Waals surface area contributed by atoms with Gasteiger partial charge >= 0.3 is 5.97 Å². The average Bonchev–Trinajstić information content (AvgIpc) is 2.30. The van der Waals surface area contributed by atoms with E-state index >= 15 is 0 Å². The maximum Gasteiger partial charge on any atom is 0.303 e. The molecule has 1 aromatic heterocycles. The van der Waals surface area contributed by atoms with Crippen molar-refractivity contribution in [3.8, 4) is 0 Å². The van der Waals surface area contributed by atoms with Gasteiger partial charge in [0.25, 0.3) is 0 Å². The Balaban J connectivity index is 2.05. The van der Waals surface area contributed by atoms with Crippen molar-refractivity contribution < 1.29 is 9.90 Å². The van der Waals surface area contributed by atoms with Gasteiger partial charge in [-0.2, -0.15) is 0 Å². The van der Waals surface area contributed by atoms with E-state index in [-0.39, 0.29) is 6.42 Å². The van der Waals surface area contributed by atoms with Crippen molar-refractivity contribution in [2.45, 2.75) is 39.2 Å². The highest BCUT2D eigenvalue weighted by atomic mass is 16.4. The fraction of sp³-hybridized carbons (Fsp3) is 0.538. The van der Waals surface area contributed by atoms with Crippen molar-refractivity contribution in [3.63, 3.8) is 0 Å². The number of nitrogens with one attached hydrogen (secondary N) is 1. The third kappa shape index (κ3) is 6.02. The molecular weight excluding hydrogens is 216 g/mol. The molecule has 0 fully saturated rings. The number of carboxylic acid groups (broad SMARTS) is 1. The maximum atomic E-state index is 10.3. The third-order valence-corrected chi connectivity index (χ3v) is 2.71. The Morgan fingerprint density at radius 2 is 2.24 bits per heavy atom. The van der Waals surface area contributed by atoms with Crippen molar-refractivity contribution in [2.75, 3.05) is 6.54 Å². The van der Waals surface area contributed by atoms with Gasteiger partial charge in [-0.25, -0.2) is 0 Å². The quantitative estimate of drug-likeness (QED) is 0.679. The zero-order valence-electron chi connectivity index (χ0n) is 10.3. The molecule has 0 aromatic carbocycles. The largest absolute Gasteiger partial charge is 0.481 e. The van der Waals surface area contributed by atoms with E-state index in [2.05, 4.69) is 17.2 Å². The average molecular weight is 236 g/mol. The number of nitrogens with zero attached hydrogens (tertiary/aromatic N) is 1. The molecule has 0 aliphatic carbocycles. The number of unbranched alkanes of at least 4 members (excludes halogenated alkanes) is 2. The van der Waals surface area contributed by atoms with Crippen molar-refractivity contribution >= 4 is 5.97 Å². The van der Waals surface area contributed by atoms with E-state index in [9.17, 15) is 4.79 Å². The standard InChI is InChI=1S/C13H20N2O2/c1-11-6-8-15-10-12(11)9-14-7-4-2-3-5-13(16)17/h6,8,10,14H,2-5,7,9H2,1H3,(H,16,17). The van der Waals surface area contributed by atoms with Crippen LogP contribution in [-0.4, -0.2) is 22.6 Å². The number of carboxylic acids is 1. The van der Waals surface area contributed by atoms with Gasteiger partial charge in [0.2, 0.25) is 0 Å². The summed E-state index contributed by atoms with van der Waals surface area (Å²) in [6.45, 7) is 3.83. The fourth-order valence-corrected chi connectivity index (χ4v) is 1.61. The summed E-state index contributed by atoms with van der Waals surface area (Å²) in [5, 5.41) is 11.8. The van der Waals surface area contributed by atoms with E-state index in [4.69, 9.17) is 5.11 Å². The van der Waals surface area contributed by atoms with Crippen LogP contribution in [0.4, 0.5) is 0 Å². The smallest absolute Gasteiger partial charge is 0.303 e. The number of pyridine rings is 1. The summed E-state index contributed by atoms with van der Waals surface area (Å²) >= 11 is 0. The van der Waals surface area contributed by atoms with Crippen LogP contribution in [0.2, 0.25) is 0 Å². The van der Waals surface area contributed by atoms with Gasteiger partial charge in [0.15, 0.2) is 0 Å². The van der Waals surface area contributed by atoms with E-state index in [1.54, 1.807) is 6.20 Å². The molecule has 0 unspecified atom stereocenters. The predicted octanol–water partition coefficient (Wildman–Crippen LogP) is 2.12. The molecule has 0 amide bonds. The molecule has 94 valence electrons. The summed E-state index contributed by atoms with van der Waals surface area (Å²) in [7, 11) is 0. The first-order chi connectivity index (χ1) is 8.20. The number of hydrogen-bond donors (Lipinski definition) is 2. The van der Waals surface area contributed by atoms with E-state index in [1.807, 2.05) is 12.3 Å². The first kappa shape index (κ1) is 13.6. The lowest BCUT2D eigenvalue weighted by molar-refractivity contribution is -0.137. The SMILES string of the molecule is Cc1ccncc1CNCCCCCC(=O)O. The summed E-state index contributed by atoms with van der Waals surface area (Å²) in [4.78, 5) is 14.4. The highest BCUT2D eigenvalue weighted by Gasteiger charge is 1.98. The lowest BCUT2D eigenvalue weighted by atomic mass is 10.1. The van der Waals surface area contributed by atoms with Crippen LogP contribution in [0.3, 0.4) is 0 Å². The Kier molecular flexibility index (Phi) is 6.25. The normalized spacial score (nSPS) is 10.4. The Morgan fingerprint density at radius 1 is 1.41 bits per heavy atom. The number of carbonyl (C=O) groups is 1. The van der Waals surface area contributed by atoms with Gasteiger partial charge in [0.05, 0.1) is 0 Å². The van der Waals surface area contributed by atoms with Gasteiger partial charge in [0.1, 0.15) is 0 Å². The van der Waals surface area contributed by atoms with Gasteiger partial charge in [-0.3, -0.25) is 9.78 Å². The Hall–Kier alpha value is -1.42. The van der Waals surface area contributed by atoms with Crippen LogP contribution in [0.1, 0.15) is 36.8 Å². The monoisotopic (exact) mass is 236 g/mol. The summed E-state index contributed by atoms with van der Waals surface area (Å²) in [5.41, 5.74) is 2.47. The number of rotatable bonds is 8. The van der Waals surface area contributed by atoms with Crippen molar-refractivity contribution in [1.29, 1.82) is 0 Å². The molecule has 17 heavy (non-hydrogen) atoms. The summed E-state index contributed by atoms with van der Waals surface area (Å²) < 4.78 is 0. The first-order valence-corrected chi connectivity index (χ1v) is 6.02. The molecule has 0 saturated carbocycles. The number of aromatic nitrogens is 1. The summed E-state index contributed by atoms with van der Waals surface area (Å²) in [6, 6.07) is 2.00. The number of aryl methyl sites for hydroxylation is 1. The van der Waals surface area contributed by atoms with Crippen LogP contribution in [0.15, 0.2) is 18.5 Å². The number of aliphatic carboxylic acids is 1. The minimum Gasteiger partial charge on any atom is -0.481 e. The van der Waals surface area contributed by atoms with Gasteiger partial charge < -0.3 is 10.4 Å². The minimum atomic E-state index is -0.705. The predicted molar refractivity (Wildman–Crippen MR) is 66.8 cm³/mol. The molecule has 0 radical (unpaired) electrons. The lowest BCUT2D eigenvalue weighted by Gasteiger charge is -2.06. The second-order valence-corrected chi connectivity index (χ2v) is 4.18. The second-order valence-electron chi connectivity index (χ2n) is 4.18.